The Morgan fingerprint density at radius 1 is 0.971 bits per heavy atom. The Bertz CT molecular complexity index is 1110. The number of aldehydes is 1. The molecule has 1 N–H and O–H groups in total. The highest BCUT2D eigenvalue weighted by atomic mass is 16.5. The van der Waals surface area contributed by atoms with Crippen molar-refractivity contribution in [2.75, 3.05) is 18.5 Å². The van der Waals surface area contributed by atoms with E-state index in [9.17, 15) is 14.4 Å². The van der Waals surface area contributed by atoms with Crippen LogP contribution in [-0.4, -0.2) is 36.9 Å². The topological polar surface area (TPSA) is 79.0 Å². The smallest absolute Gasteiger partial charge is 0.376 e. The molecule has 0 aliphatic heterocycles. The largest absolute Gasteiger partial charge is 0.421 e. The van der Waals surface area contributed by atoms with Crippen molar-refractivity contribution in [1.82, 2.24) is 10.4 Å². The van der Waals surface area contributed by atoms with Crippen molar-refractivity contribution in [3.8, 4) is 5.75 Å². The van der Waals surface area contributed by atoms with E-state index in [0.29, 0.717) is 18.2 Å². The van der Waals surface area contributed by atoms with Gasteiger partial charge in [0.05, 0.1) is 11.4 Å². The van der Waals surface area contributed by atoms with E-state index in [1.54, 1.807) is 11.0 Å². The Morgan fingerprint density at radius 2 is 1.62 bits per heavy atom. The normalized spacial score (nSPS) is 14.7. The van der Waals surface area contributed by atoms with E-state index in [4.69, 9.17) is 4.74 Å². The van der Waals surface area contributed by atoms with Crippen LogP contribution in [0.15, 0.2) is 78.9 Å². The van der Waals surface area contributed by atoms with Gasteiger partial charge in [-0.2, -0.15) is 0 Å². The first kappa shape index (κ1) is 23.2. The van der Waals surface area contributed by atoms with E-state index >= 15 is 0 Å². The predicted octanol–water partition coefficient (Wildman–Crippen LogP) is 4.29. The van der Waals surface area contributed by atoms with Gasteiger partial charge in [-0.3, -0.25) is 15.1 Å². The lowest BCUT2D eigenvalue weighted by molar-refractivity contribution is -0.141. The zero-order chi connectivity index (χ0) is 23.9. The van der Waals surface area contributed by atoms with E-state index in [1.165, 1.54) is 0 Å². The third kappa shape index (κ3) is 5.50. The molecule has 4 rings (SSSR count). The molecule has 1 aliphatic carbocycles. The molecule has 0 bridgehead atoms. The van der Waals surface area contributed by atoms with Gasteiger partial charge in [0.25, 0.3) is 0 Å². The molecule has 0 fully saturated rings. The molecular formula is C27H27N3O4. The van der Waals surface area contributed by atoms with Gasteiger partial charge in [0.15, 0.2) is 0 Å². The summed E-state index contributed by atoms with van der Waals surface area (Å²) in [7, 11) is 1.86. The Hall–Kier alpha value is -3.97. The summed E-state index contributed by atoms with van der Waals surface area (Å²) in [6.45, 7) is 0.668. The number of nitrogens with one attached hydrogen (secondary N) is 1. The first-order valence-corrected chi connectivity index (χ1v) is 11.2. The molecule has 0 aromatic heterocycles. The van der Waals surface area contributed by atoms with Gasteiger partial charge in [0.1, 0.15) is 5.75 Å². The fourth-order valence-corrected chi connectivity index (χ4v) is 4.42. The second-order valence-corrected chi connectivity index (χ2v) is 8.35. The number of carbonyl (C=O) groups excluding carboxylic acids is 3. The number of carbonyl (C=O) groups is 3. The minimum Gasteiger partial charge on any atom is -0.421 e. The number of nitrogens with zero attached hydrogens (tertiary/aromatic N) is 2. The minimum atomic E-state index is -0.889. The molecule has 174 valence electrons. The fraction of sp³-hybridized carbons (Fsp3) is 0.222. The average Bonchev–Trinajstić information content (AvgIpc) is 2.85. The lowest BCUT2D eigenvalue weighted by atomic mass is 9.83. The fourth-order valence-electron chi connectivity index (χ4n) is 4.42. The van der Waals surface area contributed by atoms with Crippen molar-refractivity contribution in [2.24, 2.45) is 5.92 Å². The quantitative estimate of drug-likeness (QED) is 0.188. The van der Waals surface area contributed by atoms with Crippen molar-refractivity contribution >= 4 is 29.7 Å². The number of ether oxygens (including phenoxy) is 1. The number of hydrogen-bond donors (Lipinski definition) is 1. The van der Waals surface area contributed by atoms with Gasteiger partial charge in [-0.15, -0.1) is 0 Å². The van der Waals surface area contributed by atoms with Crippen LogP contribution in [0, 0.1) is 5.92 Å². The highest BCUT2D eigenvalue weighted by Gasteiger charge is 2.25. The SMILES string of the molecule is CN(CC1CCc2c(cccc2OC(=O)C=O)C1)NC(=O)N(c1ccccc1)c1ccccc1. The summed E-state index contributed by atoms with van der Waals surface area (Å²) in [5.41, 5.74) is 6.64. The molecule has 3 aromatic rings. The molecule has 7 nitrogen and oxygen atoms in total. The minimum absolute atomic E-state index is 0.177. The van der Waals surface area contributed by atoms with Gasteiger partial charge in [-0.25, -0.2) is 14.6 Å². The van der Waals surface area contributed by atoms with E-state index in [1.807, 2.05) is 84.9 Å². The van der Waals surface area contributed by atoms with Gasteiger partial charge in [-0.05, 0) is 66.6 Å². The molecule has 34 heavy (non-hydrogen) atoms. The maximum absolute atomic E-state index is 13.3. The Morgan fingerprint density at radius 3 is 2.24 bits per heavy atom. The number of anilines is 2. The van der Waals surface area contributed by atoms with Gasteiger partial charge in [0.2, 0.25) is 6.29 Å². The van der Waals surface area contributed by atoms with E-state index in [2.05, 4.69) is 5.43 Å². The zero-order valence-electron chi connectivity index (χ0n) is 19.0. The van der Waals surface area contributed by atoms with Gasteiger partial charge in [0, 0.05) is 13.6 Å². The van der Waals surface area contributed by atoms with Gasteiger partial charge in [-0.1, -0.05) is 48.5 Å². The number of benzene rings is 3. The van der Waals surface area contributed by atoms with Crippen LogP contribution >= 0.6 is 0 Å². The van der Waals surface area contributed by atoms with E-state index in [0.717, 1.165) is 41.8 Å². The third-order valence-electron chi connectivity index (χ3n) is 5.90. The summed E-state index contributed by atoms with van der Waals surface area (Å²) in [5.74, 6) is -0.118. The first-order valence-electron chi connectivity index (χ1n) is 11.2. The first-order chi connectivity index (χ1) is 16.5. The van der Waals surface area contributed by atoms with Crippen LogP contribution in [-0.2, 0) is 22.4 Å². The number of esters is 1. The second-order valence-electron chi connectivity index (χ2n) is 8.35. The molecule has 3 aromatic carbocycles. The molecule has 0 heterocycles. The molecular weight excluding hydrogens is 430 g/mol. The standard InChI is InChI=1S/C27H27N3O4/c1-29(18-20-15-16-24-21(17-20)9-8-14-25(24)34-26(32)19-31)28-27(33)30(22-10-4-2-5-11-22)23-12-6-3-7-13-23/h2-14,19-20H,15-18H2,1H3,(H,28,33). The summed E-state index contributed by atoms with van der Waals surface area (Å²) < 4.78 is 5.16. The maximum Gasteiger partial charge on any atom is 0.376 e. The van der Waals surface area contributed by atoms with Crippen molar-refractivity contribution < 1.29 is 19.1 Å². The summed E-state index contributed by atoms with van der Waals surface area (Å²) in [6, 6.07) is 24.4. The van der Waals surface area contributed by atoms with E-state index < -0.39 is 5.97 Å². The summed E-state index contributed by atoms with van der Waals surface area (Å²) in [6.07, 6.45) is 2.59. The Balaban J connectivity index is 1.42. The van der Waals surface area contributed by atoms with Crippen molar-refractivity contribution in [2.45, 2.75) is 19.3 Å². The van der Waals surface area contributed by atoms with Crippen molar-refractivity contribution in [3.05, 3.63) is 90.0 Å². The Labute approximate surface area is 198 Å². The van der Waals surface area contributed by atoms with E-state index in [-0.39, 0.29) is 12.3 Å². The van der Waals surface area contributed by atoms with Gasteiger partial charge < -0.3 is 4.74 Å². The van der Waals surface area contributed by atoms with Crippen LogP contribution in [0.2, 0.25) is 0 Å². The number of para-hydroxylation sites is 2. The number of rotatable bonds is 7. The molecule has 1 atom stereocenters. The molecule has 0 saturated carbocycles. The zero-order valence-corrected chi connectivity index (χ0v) is 19.0. The average molecular weight is 458 g/mol. The summed E-state index contributed by atoms with van der Waals surface area (Å²) in [5, 5.41) is 1.83. The third-order valence-corrected chi connectivity index (χ3v) is 5.90. The number of urea groups is 1. The lowest BCUT2D eigenvalue weighted by Gasteiger charge is -2.31. The van der Waals surface area contributed by atoms with Crippen LogP contribution in [0.3, 0.4) is 0 Å². The molecule has 0 spiro atoms. The highest BCUT2D eigenvalue weighted by Crippen LogP contribution is 2.32. The molecule has 0 saturated heterocycles. The molecule has 1 aliphatic rings. The number of hydrazine groups is 1. The number of hydrogen-bond acceptors (Lipinski definition) is 5. The van der Waals surface area contributed by atoms with Crippen LogP contribution in [0.5, 0.6) is 5.75 Å². The van der Waals surface area contributed by atoms with Crippen molar-refractivity contribution in [3.63, 3.8) is 0 Å². The van der Waals surface area contributed by atoms with Crippen molar-refractivity contribution in [1.29, 1.82) is 0 Å². The summed E-state index contributed by atoms with van der Waals surface area (Å²) >= 11 is 0. The monoisotopic (exact) mass is 457 g/mol. The molecule has 1 unspecified atom stereocenters. The Kier molecular flexibility index (Phi) is 7.34. The molecule has 2 amide bonds. The van der Waals surface area contributed by atoms with Crippen LogP contribution in [0.1, 0.15) is 17.5 Å². The predicted molar refractivity (Wildman–Crippen MR) is 130 cm³/mol. The number of fused-ring (bicyclic) bond motifs is 1. The second kappa shape index (κ2) is 10.8. The van der Waals surface area contributed by atoms with Gasteiger partial charge >= 0.3 is 12.0 Å². The highest BCUT2D eigenvalue weighted by molar-refractivity contribution is 6.21. The lowest BCUT2D eigenvalue weighted by Crippen LogP contribution is -2.48. The maximum atomic E-state index is 13.3. The van der Waals surface area contributed by atoms with Crippen LogP contribution < -0.4 is 15.1 Å². The molecule has 7 heteroatoms. The molecule has 0 radical (unpaired) electrons. The van der Waals surface area contributed by atoms with Crippen LogP contribution in [0.4, 0.5) is 16.2 Å². The van der Waals surface area contributed by atoms with Crippen LogP contribution in [0.25, 0.3) is 0 Å². The number of amides is 2. The summed E-state index contributed by atoms with van der Waals surface area (Å²) in [4.78, 5) is 37.0.